The van der Waals surface area contributed by atoms with Gasteiger partial charge in [-0.3, -0.25) is 8.86 Å². The summed E-state index contributed by atoms with van der Waals surface area (Å²) in [7, 11) is -4.61. The van der Waals surface area contributed by atoms with Gasteiger partial charge < -0.3 is 9.66 Å². The van der Waals surface area contributed by atoms with Gasteiger partial charge in [0.1, 0.15) is 0 Å². The number of hydrogen-bond acceptors (Lipinski definition) is 7. The molecule has 0 aromatic carbocycles. The number of aromatic nitrogens is 3. The first-order valence-corrected chi connectivity index (χ1v) is 6.45. The molecule has 1 N–H and O–H groups in total. The van der Waals surface area contributed by atoms with E-state index in [-0.39, 0.29) is 42.8 Å². The van der Waals surface area contributed by atoms with Crippen LogP contribution in [0.25, 0.3) is 0 Å². The summed E-state index contributed by atoms with van der Waals surface area (Å²) in [5.74, 6) is 0. The first-order chi connectivity index (χ1) is 8.01. The maximum absolute atomic E-state index is 10.1. The molecule has 10 heteroatoms. The van der Waals surface area contributed by atoms with Gasteiger partial charge in [0.05, 0.1) is 12.3 Å². The van der Waals surface area contributed by atoms with Gasteiger partial charge in [-0.05, 0) is 19.3 Å². The van der Waals surface area contributed by atoms with Gasteiger partial charge >= 0.3 is 29.6 Å². The topological polar surface area (TPSA) is 117 Å². The van der Waals surface area contributed by atoms with Crippen LogP contribution in [0.3, 0.4) is 0 Å². The molecule has 18 heavy (non-hydrogen) atoms. The minimum absolute atomic E-state index is 0. The zero-order valence-electron chi connectivity index (χ0n) is 10.2. The van der Waals surface area contributed by atoms with E-state index >= 15 is 0 Å². The number of nitrogens with zero attached hydrogens (tertiary/aromatic N) is 3. The molecule has 0 radical (unpaired) electrons. The van der Waals surface area contributed by atoms with E-state index < -0.39 is 10.4 Å². The van der Waals surface area contributed by atoms with Crippen LogP contribution in [0.1, 0.15) is 18.5 Å². The van der Waals surface area contributed by atoms with E-state index in [1.54, 1.807) is 6.20 Å². The Bertz CT molecular complexity index is 436. The van der Waals surface area contributed by atoms with Crippen molar-refractivity contribution in [3.05, 3.63) is 11.9 Å². The summed E-state index contributed by atoms with van der Waals surface area (Å²) in [6, 6.07) is 0. The Morgan fingerprint density at radius 3 is 2.78 bits per heavy atom. The summed E-state index contributed by atoms with van der Waals surface area (Å²) in [5, 5.41) is 16.3. The maximum Gasteiger partial charge on any atom is 1.00 e. The van der Waals surface area contributed by atoms with E-state index in [4.69, 9.17) is 5.11 Å². The fraction of sp³-hybridized carbons (Fsp3) is 0.750. The average molecular weight is 287 g/mol. The van der Waals surface area contributed by atoms with E-state index in [9.17, 15) is 13.0 Å². The monoisotopic (exact) mass is 287 g/mol. The van der Waals surface area contributed by atoms with Gasteiger partial charge in [0.25, 0.3) is 0 Å². The van der Waals surface area contributed by atoms with Crippen molar-refractivity contribution in [2.45, 2.75) is 25.8 Å². The quantitative estimate of drug-likeness (QED) is 0.224. The van der Waals surface area contributed by atoms with Crippen LogP contribution in [-0.2, 0) is 27.5 Å². The third-order valence-electron chi connectivity index (χ3n) is 1.94. The van der Waals surface area contributed by atoms with Crippen LogP contribution < -0.4 is 29.6 Å². The van der Waals surface area contributed by atoms with Gasteiger partial charge in [0.2, 0.25) is 10.4 Å². The molecule has 0 saturated carbocycles. The zero-order valence-corrected chi connectivity index (χ0v) is 13.0. The Morgan fingerprint density at radius 2 is 2.17 bits per heavy atom. The van der Waals surface area contributed by atoms with Crippen molar-refractivity contribution in [1.82, 2.24) is 15.0 Å². The van der Waals surface area contributed by atoms with Crippen LogP contribution in [0.15, 0.2) is 6.20 Å². The van der Waals surface area contributed by atoms with E-state index in [1.807, 2.05) is 0 Å². The van der Waals surface area contributed by atoms with Gasteiger partial charge in [0, 0.05) is 19.3 Å². The normalized spacial score (nSPS) is 11.2. The summed E-state index contributed by atoms with van der Waals surface area (Å²) in [6.45, 7) is 0.349. The second kappa shape index (κ2) is 8.97. The van der Waals surface area contributed by atoms with Crippen LogP contribution >= 0.6 is 0 Å². The van der Waals surface area contributed by atoms with E-state index in [0.29, 0.717) is 25.8 Å². The molecular weight excluding hydrogens is 273 g/mol. The second-order valence-electron chi connectivity index (χ2n) is 3.38. The fourth-order valence-corrected chi connectivity index (χ4v) is 1.53. The Balaban J connectivity index is 0.00000289. The molecule has 0 saturated heterocycles. The van der Waals surface area contributed by atoms with Crippen molar-refractivity contribution in [1.29, 1.82) is 0 Å². The van der Waals surface area contributed by atoms with E-state index in [1.165, 1.54) is 4.68 Å². The maximum atomic E-state index is 10.1. The van der Waals surface area contributed by atoms with Crippen molar-refractivity contribution in [2.24, 2.45) is 0 Å². The molecule has 0 amide bonds. The van der Waals surface area contributed by atoms with Gasteiger partial charge in [0.15, 0.2) is 0 Å². The van der Waals surface area contributed by atoms with Gasteiger partial charge in [-0.25, -0.2) is 8.42 Å². The molecule has 8 nitrogen and oxygen atoms in total. The fourth-order valence-electron chi connectivity index (χ4n) is 1.21. The molecule has 0 bridgehead atoms. The molecular formula is C8H14N3NaO5S. The Kier molecular flexibility index (Phi) is 8.95. The first-order valence-electron chi connectivity index (χ1n) is 5.11. The minimum atomic E-state index is -4.61. The molecule has 0 aliphatic rings. The van der Waals surface area contributed by atoms with E-state index in [0.717, 1.165) is 5.69 Å². The molecule has 0 aliphatic carbocycles. The predicted molar refractivity (Wildman–Crippen MR) is 55.7 cm³/mol. The number of aliphatic hydroxyl groups is 1. The Morgan fingerprint density at radius 1 is 1.44 bits per heavy atom. The predicted octanol–water partition coefficient (Wildman–Crippen LogP) is -3.93. The average Bonchev–Trinajstić information content (AvgIpc) is 2.68. The SMILES string of the molecule is O=S(=O)([O-])OCCCn1cc(CCCO)nn1.[Na+]. The minimum Gasteiger partial charge on any atom is -0.726 e. The number of aliphatic hydroxyl groups excluding tert-OH is 1. The van der Waals surface area contributed by atoms with Gasteiger partial charge in [-0.1, -0.05) is 5.21 Å². The summed E-state index contributed by atoms with van der Waals surface area (Å²) in [5.41, 5.74) is 0.761. The van der Waals surface area contributed by atoms with Gasteiger partial charge in [-0.2, -0.15) is 0 Å². The van der Waals surface area contributed by atoms with Crippen LogP contribution in [0.4, 0.5) is 0 Å². The van der Waals surface area contributed by atoms with E-state index in [2.05, 4.69) is 14.5 Å². The van der Waals surface area contributed by atoms with Crippen LogP contribution in [0, 0.1) is 0 Å². The summed E-state index contributed by atoms with van der Waals surface area (Å²) >= 11 is 0. The number of rotatable bonds is 8. The smallest absolute Gasteiger partial charge is 0.726 e. The van der Waals surface area contributed by atoms with Crippen LogP contribution in [0.2, 0.25) is 0 Å². The molecule has 98 valence electrons. The molecule has 1 aromatic rings. The molecule has 1 aromatic heterocycles. The molecule has 0 atom stereocenters. The second-order valence-corrected chi connectivity index (χ2v) is 4.44. The van der Waals surface area contributed by atoms with Crippen LogP contribution in [-0.4, -0.2) is 46.3 Å². The van der Waals surface area contributed by atoms with Gasteiger partial charge in [-0.15, -0.1) is 5.10 Å². The molecule has 0 unspecified atom stereocenters. The first kappa shape index (κ1) is 18.0. The summed E-state index contributed by atoms with van der Waals surface area (Å²) in [6.07, 6.45) is 3.32. The van der Waals surface area contributed by atoms with Crippen LogP contribution in [0.5, 0.6) is 0 Å². The summed E-state index contributed by atoms with van der Waals surface area (Å²) < 4.78 is 36.0. The third kappa shape index (κ3) is 8.14. The Labute approximate surface area is 128 Å². The molecule has 1 heterocycles. The summed E-state index contributed by atoms with van der Waals surface area (Å²) in [4.78, 5) is 0. The van der Waals surface area contributed by atoms with Crippen molar-refractivity contribution in [3.8, 4) is 0 Å². The van der Waals surface area contributed by atoms with Crippen molar-refractivity contribution in [3.63, 3.8) is 0 Å². The largest absolute Gasteiger partial charge is 1.00 e. The van der Waals surface area contributed by atoms with Crippen molar-refractivity contribution < 1.29 is 51.8 Å². The standard InChI is InChI=1S/C8H15N3O5S.Na/c12-5-1-3-8-7-11(10-9-8)4-2-6-16-17(13,14)15;/h7,12H,1-6H2,(H,13,14,15);/q;+1/p-1. The zero-order chi connectivity index (χ0) is 12.7. The molecule has 0 fully saturated rings. The molecule has 0 spiro atoms. The van der Waals surface area contributed by atoms with Crippen molar-refractivity contribution in [2.75, 3.05) is 13.2 Å². The molecule has 1 rings (SSSR count). The van der Waals surface area contributed by atoms with Crippen molar-refractivity contribution >= 4 is 10.4 Å². The number of hydrogen-bond donors (Lipinski definition) is 1. The molecule has 0 aliphatic heterocycles. The Hall–Kier alpha value is -0.0300. The third-order valence-corrected chi connectivity index (χ3v) is 2.39. The number of aryl methyl sites for hydroxylation is 2.